The lowest BCUT2D eigenvalue weighted by Crippen LogP contribution is -2.42. The van der Waals surface area contributed by atoms with Crippen molar-refractivity contribution >= 4 is 23.6 Å². The number of ether oxygens (including phenoxy) is 1. The normalized spacial score (nSPS) is 19.1. The fourth-order valence-electron chi connectivity index (χ4n) is 1.91. The summed E-state index contributed by atoms with van der Waals surface area (Å²) in [4.78, 5) is 18.0. The Hall–Kier alpha value is -1.28. The highest BCUT2D eigenvalue weighted by Crippen LogP contribution is 2.23. The van der Waals surface area contributed by atoms with Crippen LogP contribution in [0.1, 0.15) is 17.0 Å². The molecule has 1 amide bonds. The molecule has 0 saturated carbocycles. The minimum atomic E-state index is -0.163. The smallest absolute Gasteiger partial charge is 0.291 e. The number of nitrogens with zero attached hydrogens (tertiary/aromatic N) is 3. The molecule has 0 spiro atoms. The number of H-pyrrole nitrogens is 1. The summed E-state index contributed by atoms with van der Waals surface area (Å²) in [5.74, 6) is 2.16. The Bertz CT molecular complexity index is 405. The van der Waals surface area contributed by atoms with Crippen LogP contribution in [-0.2, 0) is 4.74 Å². The second-order valence-corrected chi connectivity index (χ2v) is 5.20. The van der Waals surface area contributed by atoms with Gasteiger partial charge in [-0.25, -0.2) is 0 Å². The molecular formula is C10H17N5O2S. The van der Waals surface area contributed by atoms with Crippen molar-refractivity contribution in [3.8, 4) is 0 Å². The third-order valence-electron chi connectivity index (χ3n) is 2.85. The zero-order valence-corrected chi connectivity index (χ0v) is 11.1. The monoisotopic (exact) mass is 271 g/mol. The number of anilines is 1. The summed E-state index contributed by atoms with van der Waals surface area (Å²) in [6, 6.07) is 0.240. The molecule has 1 saturated heterocycles. The van der Waals surface area contributed by atoms with Crippen molar-refractivity contribution in [1.82, 2.24) is 20.1 Å². The van der Waals surface area contributed by atoms with Crippen molar-refractivity contribution in [2.75, 3.05) is 37.5 Å². The van der Waals surface area contributed by atoms with Crippen molar-refractivity contribution in [1.29, 1.82) is 0 Å². The lowest BCUT2D eigenvalue weighted by Gasteiger charge is -2.27. The predicted molar refractivity (Wildman–Crippen MR) is 69.4 cm³/mol. The number of aromatic amines is 1. The lowest BCUT2D eigenvalue weighted by molar-refractivity contribution is 0.0613. The SMILES string of the molecule is COCCN(C(=O)c1nc(N)n[nH]1)C1CCSC1. The van der Waals surface area contributed by atoms with Gasteiger partial charge in [0.1, 0.15) is 0 Å². The van der Waals surface area contributed by atoms with E-state index in [9.17, 15) is 4.79 Å². The van der Waals surface area contributed by atoms with Crippen LogP contribution in [0.5, 0.6) is 0 Å². The van der Waals surface area contributed by atoms with Gasteiger partial charge in [-0.3, -0.25) is 9.89 Å². The molecule has 2 rings (SSSR count). The number of hydrogen-bond donors (Lipinski definition) is 2. The van der Waals surface area contributed by atoms with Crippen molar-refractivity contribution in [3.63, 3.8) is 0 Å². The summed E-state index contributed by atoms with van der Waals surface area (Å²) in [5.41, 5.74) is 5.42. The van der Waals surface area contributed by atoms with Gasteiger partial charge in [0, 0.05) is 25.4 Å². The molecule has 100 valence electrons. The Labute approximate surface area is 109 Å². The first-order valence-electron chi connectivity index (χ1n) is 5.78. The average Bonchev–Trinajstić information content (AvgIpc) is 3.00. The molecule has 1 fully saturated rings. The van der Waals surface area contributed by atoms with E-state index in [2.05, 4.69) is 15.2 Å². The molecule has 1 aliphatic rings. The summed E-state index contributed by atoms with van der Waals surface area (Å²) >= 11 is 1.86. The van der Waals surface area contributed by atoms with E-state index in [0.717, 1.165) is 17.9 Å². The number of nitrogens with two attached hydrogens (primary N) is 1. The van der Waals surface area contributed by atoms with Gasteiger partial charge in [-0.05, 0) is 12.2 Å². The quantitative estimate of drug-likeness (QED) is 0.781. The van der Waals surface area contributed by atoms with Crippen molar-refractivity contribution in [2.45, 2.75) is 12.5 Å². The van der Waals surface area contributed by atoms with E-state index in [0.29, 0.717) is 13.2 Å². The molecule has 1 aromatic heterocycles. The second-order valence-electron chi connectivity index (χ2n) is 4.05. The average molecular weight is 271 g/mol. The number of nitrogen functional groups attached to an aromatic ring is 1. The van der Waals surface area contributed by atoms with E-state index in [-0.39, 0.29) is 23.7 Å². The predicted octanol–water partition coefficient (Wildman–Crippen LogP) is -0.0190. The highest BCUT2D eigenvalue weighted by molar-refractivity contribution is 7.99. The molecule has 1 unspecified atom stereocenters. The number of nitrogens with one attached hydrogen (secondary N) is 1. The largest absolute Gasteiger partial charge is 0.383 e. The van der Waals surface area contributed by atoms with E-state index >= 15 is 0 Å². The zero-order chi connectivity index (χ0) is 13.0. The fourth-order valence-corrected chi connectivity index (χ4v) is 3.14. The van der Waals surface area contributed by atoms with E-state index in [1.165, 1.54) is 0 Å². The fraction of sp³-hybridized carbons (Fsp3) is 0.700. The number of thioether (sulfide) groups is 1. The number of methoxy groups -OCH3 is 1. The molecule has 1 aliphatic heterocycles. The van der Waals surface area contributed by atoms with E-state index in [4.69, 9.17) is 10.5 Å². The Morgan fingerprint density at radius 1 is 1.72 bits per heavy atom. The molecule has 8 heteroatoms. The van der Waals surface area contributed by atoms with Crippen LogP contribution in [0.2, 0.25) is 0 Å². The molecule has 3 N–H and O–H groups in total. The van der Waals surface area contributed by atoms with E-state index in [1.807, 2.05) is 11.8 Å². The van der Waals surface area contributed by atoms with Crippen molar-refractivity contribution in [3.05, 3.63) is 5.82 Å². The standard InChI is InChI=1S/C10H17N5O2S/c1-17-4-3-15(7-2-5-18-6-7)9(16)8-12-10(11)14-13-8/h7H,2-6H2,1H3,(H3,11,12,13,14). The third-order valence-corrected chi connectivity index (χ3v) is 3.99. The van der Waals surface area contributed by atoms with Gasteiger partial charge in [0.25, 0.3) is 5.91 Å². The highest BCUT2D eigenvalue weighted by Gasteiger charge is 2.29. The summed E-state index contributed by atoms with van der Waals surface area (Å²) in [6.45, 7) is 1.07. The lowest BCUT2D eigenvalue weighted by atomic mass is 10.2. The van der Waals surface area contributed by atoms with Gasteiger partial charge in [-0.1, -0.05) is 0 Å². The molecule has 0 bridgehead atoms. The molecule has 7 nitrogen and oxygen atoms in total. The van der Waals surface area contributed by atoms with Crippen molar-refractivity contribution < 1.29 is 9.53 Å². The van der Waals surface area contributed by atoms with Gasteiger partial charge in [-0.2, -0.15) is 16.7 Å². The number of rotatable bonds is 5. The zero-order valence-electron chi connectivity index (χ0n) is 10.3. The molecule has 2 heterocycles. The van der Waals surface area contributed by atoms with Crippen LogP contribution in [0.3, 0.4) is 0 Å². The first-order valence-corrected chi connectivity index (χ1v) is 6.93. The maximum atomic E-state index is 12.3. The summed E-state index contributed by atoms with van der Waals surface area (Å²) in [7, 11) is 1.62. The molecule has 1 atom stereocenters. The number of hydrogen-bond acceptors (Lipinski definition) is 6. The number of carbonyl (C=O) groups is 1. The van der Waals surface area contributed by atoms with Crippen LogP contribution in [0.25, 0.3) is 0 Å². The Kier molecular flexibility index (Phi) is 4.43. The highest BCUT2D eigenvalue weighted by atomic mass is 32.2. The van der Waals surface area contributed by atoms with Gasteiger partial charge in [0.2, 0.25) is 11.8 Å². The molecule has 0 aromatic carbocycles. The number of carbonyl (C=O) groups excluding carboxylic acids is 1. The summed E-state index contributed by atoms with van der Waals surface area (Å²) in [6.07, 6.45) is 1.00. The first-order chi connectivity index (χ1) is 8.72. The van der Waals surface area contributed by atoms with Crippen LogP contribution in [0.4, 0.5) is 5.95 Å². The van der Waals surface area contributed by atoms with Gasteiger partial charge in [0.05, 0.1) is 6.61 Å². The summed E-state index contributed by atoms with van der Waals surface area (Å²) < 4.78 is 5.05. The molecule has 0 aliphatic carbocycles. The maximum absolute atomic E-state index is 12.3. The van der Waals surface area contributed by atoms with E-state index < -0.39 is 0 Å². The van der Waals surface area contributed by atoms with Gasteiger partial charge < -0.3 is 15.4 Å². The van der Waals surface area contributed by atoms with Crippen LogP contribution in [0.15, 0.2) is 0 Å². The topological polar surface area (TPSA) is 97.1 Å². The van der Waals surface area contributed by atoms with Gasteiger partial charge >= 0.3 is 0 Å². The molecule has 0 radical (unpaired) electrons. The summed E-state index contributed by atoms with van der Waals surface area (Å²) in [5, 5.41) is 6.25. The number of aromatic nitrogens is 3. The van der Waals surface area contributed by atoms with Crippen molar-refractivity contribution in [2.24, 2.45) is 0 Å². The van der Waals surface area contributed by atoms with Crippen LogP contribution >= 0.6 is 11.8 Å². The van der Waals surface area contributed by atoms with Gasteiger partial charge in [-0.15, -0.1) is 5.10 Å². The van der Waals surface area contributed by atoms with E-state index in [1.54, 1.807) is 12.0 Å². The minimum Gasteiger partial charge on any atom is -0.383 e. The van der Waals surface area contributed by atoms with Crippen LogP contribution < -0.4 is 5.73 Å². The molecular weight excluding hydrogens is 254 g/mol. The van der Waals surface area contributed by atoms with Gasteiger partial charge in [0.15, 0.2) is 0 Å². The Balaban J connectivity index is 2.09. The number of amides is 1. The maximum Gasteiger partial charge on any atom is 0.291 e. The molecule has 1 aromatic rings. The first kappa shape index (κ1) is 13.2. The Morgan fingerprint density at radius 2 is 2.56 bits per heavy atom. The Morgan fingerprint density at radius 3 is 3.11 bits per heavy atom. The van der Waals surface area contributed by atoms with Crippen LogP contribution in [-0.4, -0.2) is 63.8 Å². The van der Waals surface area contributed by atoms with Crippen LogP contribution in [0, 0.1) is 0 Å². The third kappa shape index (κ3) is 2.94. The minimum absolute atomic E-state index is 0.0887. The molecule has 18 heavy (non-hydrogen) atoms. The second kappa shape index (κ2) is 6.05.